The minimum Gasteiger partial charge on any atom is -0.486 e. The molecular formula is C14H20ClNO. The zero-order chi connectivity index (χ0) is 11.0. The fourth-order valence-electron chi connectivity index (χ4n) is 3.31. The maximum Gasteiger partial charge on any atom is 0.123 e. The van der Waals surface area contributed by atoms with Gasteiger partial charge in [-0.15, -0.1) is 12.4 Å². The molecule has 0 saturated heterocycles. The Labute approximate surface area is 109 Å². The van der Waals surface area contributed by atoms with E-state index < -0.39 is 0 Å². The lowest BCUT2D eigenvalue weighted by molar-refractivity contribution is -0.000941. The van der Waals surface area contributed by atoms with Crippen LogP contribution in [0.3, 0.4) is 0 Å². The van der Waals surface area contributed by atoms with Crippen LogP contribution < -0.4 is 10.5 Å². The number of halogens is 1. The van der Waals surface area contributed by atoms with Crippen LogP contribution in [0.1, 0.15) is 31.2 Å². The Kier molecular flexibility index (Phi) is 3.64. The van der Waals surface area contributed by atoms with Crippen LogP contribution in [-0.4, -0.2) is 12.1 Å². The van der Waals surface area contributed by atoms with Gasteiger partial charge in [0.2, 0.25) is 0 Å². The van der Waals surface area contributed by atoms with E-state index in [1.807, 2.05) is 0 Å². The van der Waals surface area contributed by atoms with Gasteiger partial charge in [0.05, 0.1) is 0 Å². The van der Waals surface area contributed by atoms with Gasteiger partial charge in [-0.1, -0.05) is 24.6 Å². The van der Waals surface area contributed by atoms with Gasteiger partial charge in [-0.05, 0) is 37.4 Å². The van der Waals surface area contributed by atoms with Crippen LogP contribution in [0.4, 0.5) is 0 Å². The maximum absolute atomic E-state index is 6.26. The summed E-state index contributed by atoms with van der Waals surface area (Å²) < 4.78 is 6.26. The highest BCUT2D eigenvalue weighted by molar-refractivity contribution is 5.85. The molecule has 3 rings (SSSR count). The fraction of sp³-hybridized carbons (Fsp3) is 0.571. The van der Waals surface area contributed by atoms with Crippen molar-refractivity contribution in [2.24, 2.45) is 11.7 Å². The van der Waals surface area contributed by atoms with Gasteiger partial charge in [0.1, 0.15) is 11.4 Å². The molecule has 0 radical (unpaired) electrons. The first-order valence-corrected chi connectivity index (χ1v) is 6.31. The molecule has 2 atom stereocenters. The van der Waals surface area contributed by atoms with Crippen molar-refractivity contribution in [2.75, 3.05) is 6.54 Å². The van der Waals surface area contributed by atoms with Crippen LogP contribution >= 0.6 is 12.4 Å². The number of rotatable bonds is 1. The molecule has 0 bridgehead atoms. The number of nitrogens with two attached hydrogens (primary N) is 1. The van der Waals surface area contributed by atoms with Crippen LogP contribution in [0.5, 0.6) is 5.75 Å². The van der Waals surface area contributed by atoms with E-state index >= 15 is 0 Å². The van der Waals surface area contributed by atoms with Gasteiger partial charge in [-0.25, -0.2) is 0 Å². The molecule has 3 heteroatoms. The average Bonchev–Trinajstić information content (AvgIpc) is 2.68. The van der Waals surface area contributed by atoms with Gasteiger partial charge in [0, 0.05) is 12.3 Å². The lowest BCUT2D eigenvalue weighted by Gasteiger charge is -2.40. The third kappa shape index (κ3) is 2.04. The second-order valence-corrected chi connectivity index (χ2v) is 5.13. The van der Waals surface area contributed by atoms with Crippen LogP contribution in [0.25, 0.3) is 0 Å². The summed E-state index contributed by atoms with van der Waals surface area (Å²) in [4.78, 5) is 0. The van der Waals surface area contributed by atoms with Gasteiger partial charge < -0.3 is 10.5 Å². The van der Waals surface area contributed by atoms with Crippen molar-refractivity contribution >= 4 is 12.4 Å². The van der Waals surface area contributed by atoms with Crippen molar-refractivity contribution in [1.29, 1.82) is 0 Å². The van der Waals surface area contributed by atoms with Crippen LogP contribution in [-0.2, 0) is 6.42 Å². The molecule has 1 saturated carbocycles. The van der Waals surface area contributed by atoms with Crippen molar-refractivity contribution in [1.82, 2.24) is 0 Å². The number of fused-ring (bicyclic) bond motifs is 1. The third-order valence-corrected chi connectivity index (χ3v) is 4.21. The lowest BCUT2D eigenvalue weighted by Crippen LogP contribution is -2.48. The molecule has 17 heavy (non-hydrogen) atoms. The van der Waals surface area contributed by atoms with Crippen LogP contribution in [0, 0.1) is 5.92 Å². The number of benzene rings is 1. The number of ether oxygens (including phenoxy) is 1. The Morgan fingerprint density at radius 3 is 2.88 bits per heavy atom. The molecule has 1 aromatic carbocycles. The predicted molar refractivity (Wildman–Crippen MR) is 71.8 cm³/mol. The number of hydrogen-bond donors (Lipinski definition) is 1. The Hall–Kier alpha value is -0.730. The third-order valence-electron chi connectivity index (χ3n) is 4.21. The van der Waals surface area contributed by atoms with Crippen molar-refractivity contribution in [2.45, 2.75) is 37.7 Å². The van der Waals surface area contributed by atoms with Crippen LogP contribution in [0.15, 0.2) is 24.3 Å². The van der Waals surface area contributed by atoms with Crippen molar-refractivity contribution in [3.8, 4) is 5.75 Å². The lowest BCUT2D eigenvalue weighted by atomic mass is 9.73. The zero-order valence-electron chi connectivity index (χ0n) is 10.0. The summed E-state index contributed by atoms with van der Waals surface area (Å²) in [5, 5.41) is 0. The molecule has 1 aromatic rings. The monoisotopic (exact) mass is 253 g/mol. The smallest absolute Gasteiger partial charge is 0.123 e. The highest BCUT2D eigenvalue weighted by atomic mass is 35.5. The van der Waals surface area contributed by atoms with Crippen LogP contribution in [0.2, 0.25) is 0 Å². The topological polar surface area (TPSA) is 35.2 Å². The summed E-state index contributed by atoms with van der Waals surface area (Å²) in [6, 6.07) is 8.43. The Bertz CT molecular complexity index is 369. The summed E-state index contributed by atoms with van der Waals surface area (Å²) in [6.07, 6.45) is 6.05. The van der Waals surface area contributed by atoms with E-state index in [1.54, 1.807) is 0 Å². The fourth-order valence-corrected chi connectivity index (χ4v) is 3.31. The number of para-hydroxylation sites is 1. The molecular weight excluding hydrogens is 234 g/mol. The second kappa shape index (κ2) is 4.87. The molecule has 1 aliphatic heterocycles. The molecule has 94 valence electrons. The van der Waals surface area contributed by atoms with Gasteiger partial charge in [0.25, 0.3) is 0 Å². The summed E-state index contributed by atoms with van der Waals surface area (Å²) >= 11 is 0. The maximum atomic E-state index is 6.26. The normalized spacial score (nSPS) is 30.5. The number of hydrogen-bond acceptors (Lipinski definition) is 2. The SMILES string of the molecule is Cl.NCC1CCCCC12Cc1ccccc1O2. The molecule has 0 aromatic heterocycles. The first-order chi connectivity index (χ1) is 7.84. The molecule has 1 aliphatic carbocycles. The molecule has 1 spiro atoms. The van der Waals surface area contributed by atoms with E-state index in [1.165, 1.54) is 31.2 Å². The van der Waals surface area contributed by atoms with Gasteiger partial charge in [0.15, 0.2) is 0 Å². The van der Waals surface area contributed by atoms with E-state index in [9.17, 15) is 0 Å². The predicted octanol–water partition coefficient (Wildman–Crippen LogP) is 2.93. The van der Waals surface area contributed by atoms with E-state index in [2.05, 4.69) is 24.3 Å². The minimum atomic E-state index is 0. The Morgan fingerprint density at radius 2 is 2.12 bits per heavy atom. The van der Waals surface area contributed by atoms with Gasteiger partial charge in [-0.2, -0.15) is 0 Å². The standard InChI is InChI=1S/C14H19NO.ClH/c15-10-12-6-3-4-8-14(12)9-11-5-1-2-7-13(11)16-14;/h1-2,5,7,12H,3-4,6,8-10,15H2;1H. The second-order valence-electron chi connectivity index (χ2n) is 5.13. The molecule has 1 heterocycles. The summed E-state index contributed by atoms with van der Waals surface area (Å²) in [6.45, 7) is 0.758. The minimum absolute atomic E-state index is 0. The molecule has 2 unspecified atom stereocenters. The molecule has 2 aliphatic rings. The summed E-state index contributed by atoms with van der Waals surface area (Å²) in [7, 11) is 0. The first kappa shape index (κ1) is 12.7. The average molecular weight is 254 g/mol. The quantitative estimate of drug-likeness (QED) is 0.835. The highest BCUT2D eigenvalue weighted by Crippen LogP contribution is 2.45. The molecule has 2 nitrogen and oxygen atoms in total. The first-order valence-electron chi connectivity index (χ1n) is 6.31. The van der Waals surface area contributed by atoms with E-state index in [0.29, 0.717) is 5.92 Å². The van der Waals surface area contributed by atoms with Crippen molar-refractivity contribution in [3.63, 3.8) is 0 Å². The van der Waals surface area contributed by atoms with Crippen molar-refractivity contribution < 1.29 is 4.74 Å². The summed E-state index contributed by atoms with van der Waals surface area (Å²) in [5.74, 6) is 1.62. The van der Waals surface area contributed by atoms with E-state index in [4.69, 9.17) is 10.5 Å². The molecule has 0 amide bonds. The molecule has 1 fully saturated rings. The van der Waals surface area contributed by atoms with E-state index in [0.717, 1.165) is 18.7 Å². The van der Waals surface area contributed by atoms with Gasteiger partial charge >= 0.3 is 0 Å². The highest BCUT2D eigenvalue weighted by Gasteiger charge is 2.46. The summed E-state index contributed by atoms with van der Waals surface area (Å²) in [5.41, 5.74) is 7.30. The Morgan fingerprint density at radius 1 is 1.29 bits per heavy atom. The van der Waals surface area contributed by atoms with E-state index in [-0.39, 0.29) is 18.0 Å². The molecule has 2 N–H and O–H groups in total. The Balaban J connectivity index is 0.00000108. The zero-order valence-corrected chi connectivity index (χ0v) is 10.8. The van der Waals surface area contributed by atoms with Crippen molar-refractivity contribution in [3.05, 3.63) is 29.8 Å². The largest absolute Gasteiger partial charge is 0.486 e. The van der Waals surface area contributed by atoms with Gasteiger partial charge in [-0.3, -0.25) is 0 Å².